The molecule has 214 valence electrons. The van der Waals surface area contributed by atoms with E-state index in [1.165, 1.54) is 13.8 Å². The molecule has 2 saturated carbocycles. The number of carbonyl (C=O) groups excluding carboxylic acids is 4. The van der Waals surface area contributed by atoms with Gasteiger partial charge in [-0.3, -0.25) is 14.4 Å². The van der Waals surface area contributed by atoms with Crippen LogP contribution >= 0.6 is 0 Å². The van der Waals surface area contributed by atoms with Crippen LogP contribution in [0.1, 0.15) is 68.3 Å². The molecule has 0 aliphatic heterocycles. The third-order valence-electron chi connectivity index (χ3n) is 7.12. The van der Waals surface area contributed by atoms with Crippen molar-refractivity contribution >= 4 is 35.7 Å². The minimum Gasteiger partial charge on any atom is -0.478 e. The highest BCUT2D eigenvalue weighted by Gasteiger charge is 2.49. The largest absolute Gasteiger partial charge is 0.478 e. The molecule has 1 aromatic rings. The van der Waals surface area contributed by atoms with Crippen LogP contribution in [-0.2, 0) is 19.2 Å². The van der Waals surface area contributed by atoms with E-state index in [2.05, 4.69) is 10.6 Å². The number of hydrogen-bond acceptors (Lipinski definition) is 5. The molecule has 0 heterocycles. The third kappa shape index (κ3) is 7.54. The minimum atomic E-state index is -4.70. The van der Waals surface area contributed by atoms with E-state index in [1.807, 2.05) is 0 Å². The predicted molar refractivity (Wildman–Crippen MR) is 130 cm³/mol. The zero-order valence-corrected chi connectivity index (χ0v) is 21.7. The van der Waals surface area contributed by atoms with Gasteiger partial charge in [-0.25, -0.2) is 9.18 Å². The molecule has 0 spiro atoms. The molecule has 3 rings (SSSR count). The SMILES string of the molecule is CC(C(=O)NCC(F)(F)F)c1cc(F)c(NC(=O)[C@@H](NC(=O)C(C)(C)C=O)C(C2CC2)C2CC2)cc1C(=O)O. The van der Waals surface area contributed by atoms with E-state index < -0.39 is 70.9 Å². The Labute approximate surface area is 222 Å². The number of rotatable bonds is 12. The van der Waals surface area contributed by atoms with Crippen molar-refractivity contribution < 1.29 is 46.6 Å². The van der Waals surface area contributed by atoms with Crippen molar-refractivity contribution in [2.75, 3.05) is 11.9 Å². The fourth-order valence-corrected chi connectivity index (χ4v) is 4.53. The van der Waals surface area contributed by atoms with Gasteiger partial charge in [0.25, 0.3) is 0 Å². The van der Waals surface area contributed by atoms with Crippen LogP contribution in [0, 0.1) is 29.0 Å². The topological polar surface area (TPSA) is 142 Å². The molecule has 4 N–H and O–H groups in total. The molecule has 2 fully saturated rings. The number of halogens is 4. The second-order valence-corrected chi connectivity index (χ2v) is 10.8. The molecule has 13 heteroatoms. The van der Waals surface area contributed by atoms with E-state index in [4.69, 9.17) is 0 Å². The van der Waals surface area contributed by atoms with E-state index in [0.29, 0.717) is 12.4 Å². The molecule has 2 aliphatic rings. The zero-order chi connectivity index (χ0) is 29.3. The van der Waals surface area contributed by atoms with Gasteiger partial charge < -0.3 is 25.9 Å². The Bertz CT molecular complexity index is 1150. The number of aldehydes is 1. The first kappa shape index (κ1) is 30.0. The summed E-state index contributed by atoms with van der Waals surface area (Å²) in [7, 11) is 0. The monoisotopic (exact) mass is 557 g/mol. The summed E-state index contributed by atoms with van der Waals surface area (Å²) < 4.78 is 52.5. The van der Waals surface area contributed by atoms with Crippen molar-refractivity contribution in [1.82, 2.24) is 10.6 Å². The lowest BCUT2D eigenvalue weighted by Crippen LogP contribution is -2.53. The van der Waals surface area contributed by atoms with Gasteiger partial charge >= 0.3 is 12.1 Å². The molecule has 9 nitrogen and oxygen atoms in total. The van der Waals surface area contributed by atoms with E-state index in [9.17, 15) is 42.3 Å². The molecule has 1 unspecified atom stereocenters. The van der Waals surface area contributed by atoms with Crippen LogP contribution < -0.4 is 16.0 Å². The maximum atomic E-state index is 15.1. The first-order chi connectivity index (χ1) is 18.1. The molecule has 1 aromatic carbocycles. The molecule has 39 heavy (non-hydrogen) atoms. The Balaban J connectivity index is 1.89. The highest BCUT2D eigenvalue weighted by atomic mass is 19.4. The average molecular weight is 558 g/mol. The molecule has 2 aliphatic carbocycles. The van der Waals surface area contributed by atoms with Crippen LogP contribution in [-0.4, -0.2) is 53.8 Å². The van der Waals surface area contributed by atoms with Crippen LogP contribution in [0.2, 0.25) is 0 Å². The number of benzene rings is 1. The van der Waals surface area contributed by atoms with Gasteiger partial charge in [-0.05, 0) is 81.9 Å². The molecule has 3 amide bonds. The van der Waals surface area contributed by atoms with E-state index in [0.717, 1.165) is 38.7 Å². The number of carbonyl (C=O) groups is 5. The van der Waals surface area contributed by atoms with Gasteiger partial charge in [0, 0.05) is 0 Å². The van der Waals surface area contributed by atoms with Crippen LogP contribution in [0.3, 0.4) is 0 Å². The highest BCUT2D eigenvalue weighted by Crippen LogP contribution is 2.51. The summed E-state index contributed by atoms with van der Waals surface area (Å²) in [6.45, 7) is 2.25. The van der Waals surface area contributed by atoms with Crippen molar-refractivity contribution in [1.29, 1.82) is 0 Å². The first-order valence-corrected chi connectivity index (χ1v) is 12.5. The number of alkyl halides is 3. The molecular formula is C26H31F4N3O6. The predicted octanol–water partition coefficient (Wildman–Crippen LogP) is 3.39. The average Bonchev–Trinajstić information content (AvgIpc) is 3.77. The molecule has 0 radical (unpaired) electrons. The Kier molecular flexibility index (Phi) is 8.71. The van der Waals surface area contributed by atoms with Gasteiger partial charge in [-0.15, -0.1) is 0 Å². The zero-order valence-electron chi connectivity index (χ0n) is 21.7. The smallest absolute Gasteiger partial charge is 0.405 e. The Morgan fingerprint density at radius 2 is 1.62 bits per heavy atom. The maximum Gasteiger partial charge on any atom is 0.405 e. The number of hydrogen-bond donors (Lipinski definition) is 4. The van der Waals surface area contributed by atoms with Gasteiger partial charge in [-0.1, -0.05) is 0 Å². The fraction of sp³-hybridized carbons (Fsp3) is 0.577. The number of aromatic carboxylic acids is 1. The van der Waals surface area contributed by atoms with Gasteiger partial charge in [0.2, 0.25) is 17.7 Å². The summed E-state index contributed by atoms with van der Waals surface area (Å²) in [6, 6.07) is 0.353. The standard InChI is InChI=1S/C26H31F4N3O6/c1-12(21(35)31-10-26(28,29)30)15-8-17(27)18(9-16(15)23(37)38)32-22(36)20(33-24(39)25(2,3)11-34)19(13-4-5-13)14-6-7-14/h8-9,11-14,19-20H,4-7,10H2,1-3H3,(H,31,35)(H,32,36)(H,33,39)(H,37,38)/t12?,20-/m0/s1. The van der Waals surface area contributed by atoms with E-state index in [1.54, 1.807) is 5.32 Å². The molecule has 0 saturated heterocycles. The Hall–Kier alpha value is -3.51. The summed E-state index contributed by atoms with van der Waals surface area (Å²) in [5, 5.41) is 16.3. The van der Waals surface area contributed by atoms with Gasteiger partial charge in [-0.2, -0.15) is 13.2 Å². The normalized spacial score (nSPS) is 17.2. The van der Waals surface area contributed by atoms with Crippen LogP contribution in [0.25, 0.3) is 0 Å². The van der Waals surface area contributed by atoms with Gasteiger partial charge in [0.1, 0.15) is 24.7 Å². The molecule has 0 bridgehead atoms. The van der Waals surface area contributed by atoms with Crippen LogP contribution in [0.4, 0.5) is 23.2 Å². The fourth-order valence-electron chi connectivity index (χ4n) is 4.53. The summed E-state index contributed by atoms with van der Waals surface area (Å²) in [5.41, 5.74) is -2.94. The van der Waals surface area contributed by atoms with Crippen LogP contribution in [0.15, 0.2) is 12.1 Å². The summed E-state index contributed by atoms with van der Waals surface area (Å²) in [4.78, 5) is 61.7. The number of amides is 3. The van der Waals surface area contributed by atoms with Crippen molar-refractivity contribution in [2.24, 2.45) is 23.2 Å². The Morgan fingerprint density at radius 1 is 1.05 bits per heavy atom. The summed E-state index contributed by atoms with van der Waals surface area (Å²) >= 11 is 0. The van der Waals surface area contributed by atoms with Crippen LogP contribution in [0.5, 0.6) is 0 Å². The lowest BCUT2D eigenvalue weighted by molar-refractivity contribution is -0.139. The van der Waals surface area contributed by atoms with Crippen molar-refractivity contribution in [3.05, 3.63) is 29.1 Å². The third-order valence-corrected chi connectivity index (χ3v) is 7.12. The van der Waals surface area contributed by atoms with E-state index >= 15 is 4.39 Å². The quantitative estimate of drug-likeness (QED) is 0.176. The number of carboxylic acids is 1. The minimum absolute atomic E-state index is 0.158. The lowest BCUT2D eigenvalue weighted by Gasteiger charge is -2.30. The summed E-state index contributed by atoms with van der Waals surface area (Å²) in [6.07, 6.45) is -0.867. The van der Waals surface area contributed by atoms with Crippen molar-refractivity contribution in [3.63, 3.8) is 0 Å². The van der Waals surface area contributed by atoms with Gasteiger partial charge in [0.15, 0.2) is 0 Å². The number of carboxylic acid groups (broad SMARTS) is 1. The van der Waals surface area contributed by atoms with Crippen molar-refractivity contribution in [2.45, 2.75) is 64.6 Å². The second-order valence-electron chi connectivity index (χ2n) is 10.8. The highest BCUT2D eigenvalue weighted by molar-refractivity contribution is 6.02. The maximum absolute atomic E-state index is 15.1. The first-order valence-electron chi connectivity index (χ1n) is 12.5. The van der Waals surface area contributed by atoms with Gasteiger partial charge in [0.05, 0.1) is 22.6 Å². The lowest BCUT2D eigenvalue weighted by atomic mass is 9.86. The van der Waals surface area contributed by atoms with E-state index in [-0.39, 0.29) is 23.3 Å². The number of anilines is 1. The molecule has 2 atom stereocenters. The van der Waals surface area contributed by atoms with Crippen molar-refractivity contribution in [3.8, 4) is 0 Å². The number of nitrogens with one attached hydrogen (secondary N) is 3. The Morgan fingerprint density at radius 3 is 2.08 bits per heavy atom. The second kappa shape index (κ2) is 11.3. The summed E-state index contributed by atoms with van der Waals surface area (Å²) in [5.74, 6) is -6.76. The molecular weight excluding hydrogens is 526 g/mol. The molecule has 0 aromatic heterocycles.